The van der Waals surface area contributed by atoms with Crippen LogP contribution in [-0.4, -0.2) is 29.5 Å². The summed E-state index contributed by atoms with van der Waals surface area (Å²) in [4.78, 5) is 3.39. The van der Waals surface area contributed by atoms with E-state index in [9.17, 15) is 0 Å². The van der Waals surface area contributed by atoms with Crippen LogP contribution in [0.2, 0.25) is 0 Å². The average molecular weight is 282 g/mol. The van der Waals surface area contributed by atoms with Crippen molar-refractivity contribution in [3.63, 3.8) is 0 Å². The first-order chi connectivity index (χ1) is 8.81. The lowest BCUT2D eigenvalue weighted by molar-refractivity contribution is 0.196. The highest BCUT2D eigenvalue weighted by Crippen LogP contribution is 2.49. The maximum absolute atomic E-state index is 5.75. The van der Waals surface area contributed by atoms with E-state index in [1.807, 2.05) is 0 Å². The van der Waals surface area contributed by atoms with Gasteiger partial charge in [0.15, 0.2) is 0 Å². The first-order valence-electron chi connectivity index (χ1n) is 7.81. The molecule has 1 atom stereocenters. The smallest absolute Gasteiger partial charge is 0.0733 e. The summed E-state index contributed by atoms with van der Waals surface area (Å²) >= 11 is 5.10. The van der Waals surface area contributed by atoms with Crippen molar-refractivity contribution in [2.45, 2.75) is 59.3 Å². The van der Waals surface area contributed by atoms with Crippen molar-refractivity contribution >= 4 is 17.2 Å². The van der Waals surface area contributed by atoms with Crippen LogP contribution in [0.5, 0.6) is 0 Å². The Morgan fingerprint density at radius 2 is 1.95 bits per heavy atom. The molecule has 110 valence electrons. The number of hydrogen-bond acceptors (Lipinski definition) is 2. The average Bonchev–Trinajstić information content (AvgIpc) is 3.01. The molecule has 2 N–H and O–H groups in total. The van der Waals surface area contributed by atoms with E-state index in [-0.39, 0.29) is 0 Å². The van der Waals surface area contributed by atoms with E-state index in [2.05, 4.69) is 25.7 Å². The van der Waals surface area contributed by atoms with Gasteiger partial charge in [0.05, 0.1) is 4.99 Å². The van der Waals surface area contributed by atoms with Crippen LogP contribution in [0.15, 0.2) is 0 Å². The van der Waals surface area contributed by atoms with Crippen LogP contribution < -0.4 is 5.73 Å². The Bertz CT molecular complexity index is 328. The van der Waals surface area contributed by atoms with Gasteiger partial charge in [0.2, 0.25) is 0 Å². The number of hydrogen-bond donors (Lipinski definition) is 1. The van der Waals surface area contributed by atoms with Crippen LogP contribution in [0.25, 0.3) is 0 Å². The van der Waals surface area contributed by atoms with Gasteiger partial charge in [-0.05, 0) is 61.9 Å². The molecule has 0 amide bonds. The highest BCUT2D eigenvalue weighted by Gasteiger charge is 2.44. The summed E-state index contributed by atoms with van der Waals surface area (Å²) in [5, 5.41) is 0. The van der Waals surface area contributed by atoms with Gasteiger partial charge in [-0.1, -0.05) is 33.0 Å². The molecule has 19 heavy (non-hydrogen) atoms. The number of rotatable bonds is 4. The maximum Gasteiger partial charge on any atom is 0.0733 e. The molecule has 2 aliphatic rings. The molecule has 3 heteroatoms. The molecule has 1 saturated heterocycles. The molecule has 2 nitrogen and oxygen atoms in total. The fourth-order valence-electron chi connectivity index (χ4n) is 3.59. The second kappa shape index (κ2) is 5.69. The second-order valence-corrected chi connectivity index (χ2v) is 8.44. The lowest BCUT2D eigenvalue weighted by atomic mass is 9.77. The Morgan fingerprint density at radius 1 is 1.26 bits per heavy atom. The van der Waals surface area contributed by atoms with E-state index in [0.717, 1.165) is 12.3 Å². The topological polar surface area (TPSA) is 29.3 Å². The van der Waals surface area contributed by atoms with E-state index in [0.29, 0.717) is 15.8 Å². The summed E-state index contributed by atoms with van der Waals surface area (Å²) in [6.07, 6.45) is 7.70. The van der Waals surface area contributed by atoms with E-state index in [4.69, 9.17) is 18.0 Å². The standard InChI is InChI=1S/C16H30N2S/c1-15(2,3)13-5-4-9-18(10-6-13)12-16(7-8-16)11-14(17)19/h13H,4-12H2,1-3H3,(H2,17,19). The largest absolute Gasteiger partial charge is 0.393 e. The minimum absolute atomic E-state index is 0.452. The number of nitrogens with zero attached hydrogens (tertiary/aromatic N) is 1. The molecule has 0 radical (unpaired) electrons. The van der Waals surface area contributed by atoms with Crippen LogP contribution in [0.1, 0.15) is 59.3 Å². The number of likely N-dealkylation sites (tertiary alicyclic amines) is 1. The minimum atomic E-state index is 0.452. The molecule has 0 bridgehead atoms. The van der Waals surface area contributed by atoms with E-state index < -0.39 is 0 Å². The zero-order valence-corrected chi connectivity index (χ0v) is 13.7. The highest BCUT2D eigenvalue weighted by molar-refractivity contribution is 7.80. The Kier molecular flexibility index (Phi) is 4.56. The SMILES string of the molecule is CC(C)(C)C1CCCN(CC2(CC(N)=S)CC2)CC1. The Labute approximate surface area is 124 Å². The molecule has 0 aromatic rings. The fraction of sp³-hybridized carbons (Fsp3) is 0.938. The van der Waals surface area contributed by atoms with E-state index in [1.165, 1.54) is 51.7 Å². The van der Waals surface area contributed by atoms with Gasteiger partial charge in [0.1, 0.15) is 0 Å². The van der Waals surface area contributed by atoms with Gasteiger partial charge in [-0.15, -0.1) is 0 Å². The van der Waals surface area contributed by atoms with Crippen molar-refractivity contribution in [1.29, 1.82) is 0 Å². The lowest BCUT2D eigenvalue weighted by Gasteiger charge is -2.30. The molecular weight excluding hydrogens is 252 g/mol. The zero-order valence-electron chi connectivity index (χ0n) is 12.9. The van der Waals surface area contributed by atoms with Gasteiger partial charge in [0, 0.05) is 13.0 Å². The van der Waals surface area contributed by atoms with Gasteiger partial charge in [-0.3, -0.25) is 0 Å². The third-order valence-corrected chi connectivity index (χ3v) is 5.26. The molecule has 2 rings (SSSR count). The third-order valence-electron chi connectivity index (χ3n) is 5.11. The summed E-state index contributed by atoms with van der Waals surface area (Å²) in [6, 6.07) is 0. The monoisotopic (exact) mass is 282 g/mol. The van der Waals surface area contributed by atoms with E-state index in [1.54, 1.807) is 0 Å². The summed E-state index contributed by atoms with van der Waals surface area (Å²) in [6.45, 7) is 10.9. The Morgan fingerprint density at radius 3 is 2.47 bits per heavy atom. The highest BCUT2D eigenvalue weighted by atomic mass is 32.1. The number of thiocarbonyl (C=S) groups is 1. The van der Waals surface area contributed by atoms with Crippen LogP contribution in [0, 0.1) is 16.7 Å². The third kappa shape index (κ3) is 4.42. The molecule has 0 aromatic heterocycles. The fourth-order valence-corrected chi connectivity index (χ4v) is 3.90. The van der Waals surface area contributed by atoms with Crippen LogP contribution in [0.4, 0.5) is 0 Å². The Hall–Kier alpha value is -0.150. The quantitative estimate of drug-likeness (QED) is 0.799. The normalized spacial score (nSPS) is 27.8. The van der Waals surface area contributed by atoms with Crippen molar-refractivity contribution in [2.24, 2.45) is 22.5 Å². The van der Waals surface area contributed by atoms with E-state index >= 15 is 0 Å². The summed E-state index contributed by atoms with van der Waals surface area (Å²) in [5.74, 6) is 0.878. The molecule has 2 fully saturated rings. The maximum atomic E-state index is 5.75. The van der Waals surface area contributed by atoms with Crippen LogP contribution in [0.3, 0.4) is 0 Å². The Balaban J connectivity index is 1.85. The lowest BCUT2D eigenvalue weighted by Crippen LogP contribution is -2.33. The predicted molar refractivity (Wildman–Crippen MR) is 86.3 cm³/mol. The van der Waals surface area contributed by atoms with Crippen LogP contribution >= 0.6 is 12.2 Å². The van der Waals surface area contributed by atoms with Gasteiger partial charge in [0.25, 0.3) is 0 Å². The summed E-state index contributed by atoms with van der Waals surface area (Å²) < 4.78 is 0. The molecule has 0 aromatic carbocycles. The number of nitrogens with two attached hydrogens (primary N) is 1. The molecule has 1 aliphatic heterocycles. The van der Waals surface area contributed by atoms with Crippen molar-refractivity contribution in [1.82, 2.24) is 4.90 Å². The summed E-state index contributed by atoms with van der Waals surface area (Å²) in [5.41, 5.74) is 6.66. The van der Waals surface area contributed by atoms with Crippen molar-refractivity contribution in [3.05, 3.63) is 0 Å². The first-order valence-corrected chi connectivity index (χ1v) is 8.22. The molecule has 1 unspecified atom stereocenters. The van der Waals surface area contributed by atoms with Crippen LogP contribution in [-0.2, 0) is 0 Å². The van der Waals surface area contributed by atoms with Crippen molar-refractivity contribution in [2.75, 3.05) is 19.6 Å². The zero-order chi connectivity index (χ0) is 14.1. The van der Waals surface area contributed by atoms with Crippen molar-refractivity contribution < 1.29 is 0 Å². The van der Waals surface area contributed by atoms with Gasteiger partial charge >= 0.3 is 0 Å². The van der Waals surface area contributed by atoms with Gasteiger partial charge < -0.3 is 10.6 Å². The molecule has 1 heterocycles. The van der Waals surface area contributed by atoms with Crippen molar-refractivity contribution in [3.8, 4) is 0 Å². The molecule has 0 spiro atoms. The first kappa shape index (κ1) is 15.2. The van der Waals surface area contributed by atoms with Gasteiger partial charge in [-0.25, -0.2) is 0 Å². The second-order valence-electron chi connectivity index (χ2n) is 7.91. The molecule has 1 aliphatic carbocycles. The molecule has 1 saturated carbocycles. The predicted octanol–water partition coefficient (Wildman–Crippen LogP) is 3.59. The summed E-state index contributed by atoms with van der Waals surface area (Å²) in [7, 11) is 0. The van der Waals surface area contributed by atoms with Gasteiger partial charge in [-0.2, -0.15) is 0 Å². The minimum Gasteiger partial charge on any atom is -0.393 e. The molecular formula is C16H30N2S.